The summed E-state index contributed by atoms with van der Waals surface area (Å²) in [5.41, 5.74) is 0. The highest BCUT2D eigenvalue weighted by atomic mass is 32.2. The van der Waals surface area contributed by atoms with Crippen molar-refractivity contribution in [3.05, 3.63) is 11.8 Å². The molecule has 8 nitrogen and oxygen atoms in total. The zero-order valence-corrected chi connectivity index (χ0v) is 14.7. The third-order valence-electron chi connectivity index (χ3n) is 3.79. The second-order valence-electron chi connectivity index (χ2n) is 5.96. The third-order valence-corrected chi connectivity index (χ3v) is 5.75. The van der Waals surface area contributed by atoms with Crippen molar-refractivity contribution in [2.45, 2.75) is 39.5 Å². The number of amides is 1. The Morgan fingerprint density at radius 2 is 1.87 bits per heavy atom. The minimum atomic E-state index is -3.22. The van der Waals surface area contributed by atoms with Gasteiger partial charge in [0.2, 0.25) is 15.9 Å². The Kier molecular flexibility index (Phi) is 5.74. The summed E-state index contributed by atoms with van der Waals surface area (Å²) in [7, 11) is -3.22. The van der Waals surface area contributed by atoms with E-state index < -0.39 is 10.0 Å². The number of carbonyl (C=O) groups excluding carboxylic acids is 1. The molecular formula is C14H24N4O4S. The molecule has 9 heteroatoms. The van der Waals surface area contributed by atoms with E-state index in [-0.39, 0.29) is 23.5 Å². The van der Waals surface area contributed by atoms with Gasteiger partial charge in [-0.05, 0) is 6.42 Å². The average molecular weight is 344 g/mol. The zero-order chi connectivity index (χ0) is 17.0. The molecule has 1 aromatic rings. The highest BCUT2D eigenvalue weighted by Crippen LogP contribution is 2.15. The molecule has 0 spiro atoms. The largest absolute Gasteiger partial charge is 0.417 e. The monoisotopic (exact) mass is 344 g/mol. The molecule has 1 aromatic heterocycles. The van der Waals surface area contributed by atoms with E-state index >= 15 is 0 Å². The Morgan fingerprint density at radius 1 is 1.22 bits per heavy atom. The number of nitrogens with zero attached hydrogens (tertiary/aromatic N) is 4. The minimum absolute atomic E-state index is 0.0315. The predicted molar refractivity (Wildman–Crippen MR) is 84.6 cm³/mol. The molecule has 23 heavy (non-hydrogen) atoms. The summed E-state index contributed by atoms with van der Waals surface area (Å²) in [5, 5.41) is 7.63. The summed E-state index contributed by atoms with van der Waals surface area (Å²) in [6, 6.07) is 0. The van der Waals surface area contributed by atoms with Gasteiger partial charge in [-0.2, -0.15) is 4.31 Å². The van der Waals surface area contributed by atoms with Crippen LogP contribution >= 0.6 is 0 Å². The van der Waals surface area contributed by atoms with Crippen LogP contribution in [0, 0.1) is 0 Å². The topological polar surface area (TPSA) is 96.6 Å². The van der Waals surface area contributed by atoms with Gasteiger partial charge in [-0.15, -0.1) is 10.2 Å². The van der Waals surface area contributed by atoms with Crippen molar-refractivity contribution in [2.24, 2.45) is 0 Å². The molecule has 0 aliphatic carbocycles. The lowest BCUT2D eigenvalue weighted by atomic mass is 10.2. The van der Waals surface area contributed by atoms with Crippen molar-refractivity contribution in [1.29, 1.82) is 0 Å². The first-order valence-corrected chi connectivity index (χ1v) is 9.56. The fraction of sp³-hybridized carbons (Fsp3) is 0.786. The third kappa shape index (κ3) is 4.29. The second-order valence-corrected chi connectivity index (χ2v) is 8.05. The summed E-state index contributed by atoms with van der Waals surface area (Å²) >= 11 is 0. The summed E-state index contributed by atoms with van der Waals surface area (Å²) in [4.78, 5) is 13.9. The fourth-order valence-electron chi connectivity index (χ4n) is 2.31. The molecule has 1 fully saturated rings. The Hall–Kier alpha value is -1.48. The van der Waals surface area contributed by atoms with Gasteiger partial charge in [-0.25, -0.2) is 8.42 Å². The van der Waals surface area contributed by atoms with Gasteiger partial charge in [0.25, 0.3) is 0 Å². The smallest absolute Gasteiger partial charge is 0.311 e. The van der Waals surface area contributed by atoms with Gasteiger partial charge in [0.1, 0.15) is 0 Å². The van der Waals surface area contributed by atoms with E-state index in [0.717, 1.165) is 6.42 Å². The normalized spacial score (nSPS) is 17.0. The first kappa shape index (κ1) is 17.9. The number of hydrogen-bond donors (Lipinski definition) is 0. The van der Waals surface area contributed by atoms with Crippen molar-refractivity contribution < 1.29 is 17.6 Å². The molecule has 130 valence electrons. The Balaban J connectivity index is 1.94. The summed E-state index contributed by atoms with van der Waals surface area (Å²) in [5.74, 6) is 0.281. The zero-order valence-electron chi connectivity index (χ0n) is 13.9. The molecule has 0 saturated carbocycles. The van der Waals surface area contributed by atoms with E-state index in [1.54, 1.807) is 4.90 Å². The molecule has 0 aromatic carbocycles. The fourth-order valence-corrected chi connectivity index (χ4v) is 3.95. The van der Waals surface area contributed by atoms with E-state index in [1.807, 2.05) is 20.8 Å². The van der Waals surface area contributed by atoms with E-state index in [4.69, 9.17) is 4.42 Å². The Morgan fingerprint density at radius 3 is 2.39 bits per heavy atom. The van der Waals surface area contributed by atoms with Gasteiger partial charge < -0.3 is 9.32 Å². The summed E-state index contributed by atoms with van der Waals surface area (Å²) in [6.07, 6.45) is 1.49. The van der Waals surface area contributed by atoms with Crippen molar-refractivity contribution in [3.63, 3.8) is 0 Å². The lowest BCUT2D eigenvalue weighted by Crippen LogP contribution is -2.51. The molecule has 0 N–H and O–H groups in total. The number of carbonyl (C=O) groups is 1. The van der Waals surface area contributed by atoms with Crippen LogP contribution in [0.2, 0.25) is 0 Å². The van der Waals surface area contributed by atoms with Crippen LogP contribution in [0.5, 0.6) is 0 Å². The molecule has 1 aliphatic rings. The number of aromatic nitrogens is 2. The number of sulfonamides is 1. The van der Waals surface area contributed by atoms with Crippen LogP contribution in [0.15, 0.2) is 4.42 Å². The van der Waals surface area contributed by atoms with E-state index in [2.05, 4.69) is 10.2 Å². The quantitative estimate of drug-likeness (QED) is 0.766. The maximum Gasteiger partial charge on any atom is 0.311 e. The Labute approximate surface area is 136 Å². The van der Waals surface area contributed by atoms with Crippen LogP contribution in [-0.4, -0.2) is 65.7 Å². The molecular weight excluding hydrogens is 320 g/mol. The van der Waals surface area contributed by atoms with Gasteiger partial charge in [0.05, 0.1) is 5.75 Å². The highest BCUT2D eigenvalue weighted by molar-refractivity contribution is 7.89. The van der Waals surface area contributed by atoms with Gasteiger partial charge in [-0.3, -0.25) is 4.79 Å². The highest BCUT2D eigenvalue weighted by Gasteiger charge is 2.30. The summed E-state index contributed by atoms with van der Waals surface area (Å²) in [6.45, 7) is 7.06. The number of hydrogen-bond acceptors (Lipinski definition) is 6. The van der Waals surface area contributed by atoms with Crippen molar-refractivity contribution in [3.8, 4) is 0 Å². The molecule has 1 saturated heterocycles. The Bertz CT molecular complexity index is 633. The van der Waals surface area contributed by atoms with Crippen LogP contribution in [0.1, 0.15) is 56.1 Å². The van der Waals surface area contributed by atoms with Crippen LogP contribution in [0.25, 0.3) is 0 Å². The van der Waals surface area contributed by atoms with E-state index in [1.165, 1.54) is 4.31 Å². The lowest BCUT2D eigenvalue weighted by Gasteiger charge is -2.33. The van der Waals surface area contributed by atoms with Crippen LogP contribution in [-0.2, 0) is 10.0 Å². The minimum Gasteiger partial charge on any atom is -0.417 e. The molecule has 2 rings (SSSR count). The second kappa shape index (κ2) is 7.39. The van der Waals surface area contributed by atoms with Crippen molar-refractivity contribution >= 4 is 15.9 Å². The number of rotatable bonds is 6. The molecule has 2 heterocycles. The molecule has 1 amide bonds. The summed E-state index contributed by atoms with van der Waals surface area (Å²) < 4.78 is 31.1. The van der Waals surface area contributed by atoms with Crippen molar-refractivity contribution in [1.82, 2.24) is 19.4 Å². The van der Waals surface area contributed by atoms with Crippen molar-refractivity contribution in [2.75, 3.05) is 31.9 Å². The first-order chi connectivity index (χ1) is 10.8. The molecule has 0 unspecified atom stereocenters. The lowest BCUT2D eigenvalue weighted by molar-refractivity contribution is 0.0655. The van der Waals surface area contributed by atoms with Crippen LogP contribution in [0.3, 0.4) is 0 Å². The van der Waals surface area contributed by atoms with Crippen LogP contribution in [0.4, 0.5) is 0 Å². The number of unbranched alkanes of at least 4 members (excludes halogenated alkanes) is 1. The molecule has 1 aliphatic heterocycles. The van der Waals surface area contributed by atoms with Gasteiger partial charge in [-0.1, -0.05) is 27.2 Å². The number of piperazine rings is 1. The molecule has 0 radical (unpaired) electrons. The van der Waals surface area contributed by atoms with E-state index in [0.29, 0.717) is 38.5 Å². The van der Waals surface area contributed by atoms with Gasteiger partial charge in [0.15, 0.2) is 0 Å². The van der Waals surface area contributed by atoms with E-state index in [9.17, 15) is 13.2 Å². The average Bonchev–Trinajstić information content (AvgIpc) is 3.02. The SMILES string of the molecule is CCCCS(=O)(=O)N1CCN(C(=O)c2nnc(C(C)C)o2)CC1. The maximum absolute atomic E-state index is 12.3. The molecule has 0 atom stereocenters. The molecule has 0 bridgehead atoms. The first-order valence-electron chi connectivity index (χ1n) is 7.95. The standard InChI is InChI=1S/C14H24N4O4S/c1-4-5-10-23(20,21)18-8-6-17(7-9-18)14(19)13-16-15-12(22-13)11(2)3/h11H,4-10H2,1-3H3. The van der Waals surface area contributed by atoms with Crippen LogP contribution < -0.4 is 0 Å². The maximum atomic E-state index is 12.3. The van der Waals surface area contributed by atoms with Gasteiger partial charge >= 0.3 is 11.8 Å². The predicted octanol–water partition coefficient (Wildman–Crippen LogP) is 1.08. The van der Waals surface area contributed by atoms with Gasteiger partial charge in [0, 0.05) is 32.1 Å².